The van der Waals surface area contributed by atoms with E-state index in [1.807, 2.05) is 63.2 Å². The molecule has 10 heteroatoms. The number of nitrogens with zero attached hydrogens (tertiary/aromatic N) is 2. The molecule has 0 radical (unpaired) electrons. The zero-order chi connectivity index (χ0) is 30.3. The lowest BCUT2D eigenvalue weighted by atomic mass is 10.0. The molecule has 2 amide bonds. The molecular formula is C31H37Cl2N3O4S. The summed E-state index contributed by atoms with van der Waals surface area (Å²) in [5.74, 6) is -0.850. The van der Waals surface area contributed by atoms with E-state index in [1.54, 1.807) is 31.2 Å². The van der Waals surface area contributed by atoms with Crippen LogP contribution >= 0.6 is 23.2 Å². The molecular weight excluding hydrogens is 581 g/mol. The van der Waals surface area contributed by atoms with Gasteiger partial charge in [-0.25, -0.2) is 8.42 Å². The fourth-order valence-electron chi connectivity index (χ4n) is 4.41. The number of carbonyl (C=O) groups is 2. The first-order chi connectivity index (χ1) is 19.3. The van der Waals surface area contributed by atoms with Crippen molar-refractivity contribution in [3.05, 3.63) is 99.0 Å². The van der Waals surface area contributed by atoms with E-state index in [-0.39, 0.29) is 24.9 Å². The summed E-state index contributed by atoms with van der Waals surface area (Å²) in [7, 11) is -3.85. The minimum absolute atomic E-state index is 0.0194. The topological polar surface area (TPSA) is 86.8 Å². The van der Waals surface area contributed by atoms with E-state index in [4.69, 9.17) is 23.2 Å². The number of carbonyl (C=O) groups excluding carboxylic acids is 2. The summed E-state index contributed by atoms with van der Waals surface area (Å²) in [6, 6.07) is 18.8. The van der Waals surface area contributed by atoms with Crippen LogP contribution in [0, 0.1) is 13.8 Å². The first kappa shape index (κ1) is 32.4. The Morgan fingerprint density at radius 2 is 1.61 bits per heavy atom. The van der Waals surface area contributed by atoms with Crippen LogP contribution in [-0.4, -0.2) is 50.0 Å². The number of nitrogens with one attached hydrogen (secondary N) is 1. The maximum absolute atomic E-state index is 14.2. The number of benzene rings is 3. The summed E-state index contributed by atoms with van der Waals surface area (Å²) in [6.45, 7) is 7.05. The molecule has 7 nitrogen and oxygen atoms in total. The maximum atomic E-state index is 14.2. The molecule has 0 aliphatic heterocycles. The SMILES string of the molecule is CCC(C)NC(=O)C(Cc1ccccc1)N(Cc1ccc(Cl)c(Cl)c1)C(=O)CN(c1cc(C)ccc1C)S(C)(=O)=O. The van der Waals surface area contributed by atoms with Crippen molar-refractivity contribution < 1.29 is 18.0 Å². The Labute approximate surface area is 253 Å². The molecule has 0 saturated carbocycles. The van der Waals surface area contributed by atoms with Gasteiger partial charge in [-0.15, -0.1) is 0 Å². The van der Waals surface area contributed by atoms with E-state index in [2.05, 4.69) is 5.32 Å². The van der Waals surface area contributed by atoms with Crippen molar-refractivity contribution in [1.29, 1.82) is 0 Å². The predicted octanol–water partition coefficient (Wildman–Crippen LogP) is 5.93. The number of hydrogen-bond acceptors (Lipinski definition) is 4. The Morgan fingerprint density at radius 1 is 0.927 bits per heavy atom. The van der Waals surface area contributed by atoms with Crippen molar-refractivity contribution in [2.24, 2.45) is 0 Å². The van der Waals surface area contributed by atoms with Crippen molar-refractivity contribution in [3.63, 3.8) is 0 Å². The number of aryl methyl sites for hydroxylation is 2. The molecule has 0 bridgehead atoms. The largest absolute Gasteiger partial charge is 0.352 e. The minimum atomic E-state index is -3.85. The van der Waals surface area contributed by atoms with Crippen molar-refractivity contribution in [1.82, 2.24) is 10.2 Å². The quantitative estimate of drug-likeness (QED) is 0.273. The van der Waals surface area contributed by atoms with Crippen LogP contribution in [0.4, 0.5) is 5.69 Å². The van der Waals surface area contributed by atoms with Gasteiger partial charge in [0.1, 0.15) is 12.6 Å². The molecule has 1 N–H and O–H groups in total. The van der Waals surface area contributed by atoms with Gasteiger partial charge in [-0.2, -0.15) is 0 Å². The fraction of sp³-hybridized carbons (Fsp3) is 0.355. The molecule has 0 aliphatic rings. The number of halogens is 2. The molecule has 0 heterocycles. The van der Waals surface area contributed by atoms with Crippen LogP contribution in [0.5, 0.6) is 0 Å². The van der Waals surface area contributed by atoms with E-state index < -0.39 is 28.5 Å². The van der Waals surface area contributed by atoms with Crippen LogP contribution in [0.2, 0.25) is 10.0 Å². The average molecular weight is 619 g/mol. The van der Waals surface area contributed by atoms with Gasteiger partial charge < -0.3 is 10.2 Å². The fourth-order valence-corrected chi connectivity index (χ4v) is 5.63. The van der Waals surface area contributed by atoms with Gasteiger partial charge in [0.25, 0.3) is 0 Å². The number of amides is 2. The van der Waals surface area contributed by atoms with Crippen LogP contribution in [-0.2, 0) is 32.6 Å². The third-order valence-electron chi connectivity index (χ3n) is 6.92. The lowest BCUT2D eigenvalue weighted by molar-refractivity contribution is -0.140. The number of sulfonamides is 1. The lowest BCUT2D eigenvalue weighted by Gasteiger charge is -2.34. The molecule has 0 aliphatic carbocycles. The second-order valence-electron chi connectivity index (χ2n) is 10.4. The van der Waals surface area contributed by atoms with Crippen LogP contribution in [0.25, 0.3) is 0 Å². The third-order valence-corrected chi connectivity index (χ3v) is 8.79. The average Bonchev–Trinajstić information content (AvgIpc) is 2.92. The molecule has 3 rings (SSSR count). The third kappa shape index (κ3) is 8.96. The minimum Gasteiger partial charge on any atom is -0.352 e. The van der Waals surface area contributed by atoms with Gasteiger partial charge in [-0.3, -0.25) is 13.9 Å². The Kier molecular flexibility index (Phi) is 11.2. The molecule has 0 saturated heterocycles. The highest BCUT2D eigenvalue weighted by molar-refractivity contribution is 7.92. The van der Waals surface area contributed by atoms with E-state index >= 15 is 0 Å². The second-order valence-corrected chi connectivity index (χ2v) is 13.1. The van der Waals surface area contributed by atoms with Gasteiger partial charge in [-0.1, -0.05) is 78.7 Å². The van der Waals surface area contributed by atoms with Crippen molar-refractivity contribution in [3.8, 4) is 0 Å². The normalized spacial score (nSPS) is 12.9. The second kappa shape index (κ2) is 14.2. The van der Waals surface area contributed by atoms with E-state index in [1.165, 1.54) is 4.90 Å². The van der Waals surface area contributed by atoms with Crippen LogP contribution in [0.3, 0.4) is 0 Å². The first-order valence-electron chi connectivity index (χ1n) is 13.4. The Bertz CT molecular complexity index is 1480. The smallest absolute Gasteiger partial charge is 0.244 e. The number of anilines is 1. The highest BCUT2D eigenvalue weighted by atomic mass is 35.5. The summed E-state index contributed by atoms with van der Waals surface area (Å²) >= 11 is 12.4. The molecule has 0 spiro atoms. The first-order valence-corrected chi connectivity index (χ1v) is 16.0. The summed E-state index contributed by atoms with van der Waals surface area (Å²) in [5.41, 5.74) is 3.49. The van der Waals surface area contributed by atoms with Gasteiger partial charge in [0.2, 0.25) is 21.8 Å². The molecule has 41 heavy (non-hydrogen) atoms. The Morgan fingerprint density at radius 3 is 2.22 bits per heavy atom. The molecule has 2 atom stereocenters. The van der Waals surface area contributed by atoms with E-state index in [9.17, 15) is 18.0 Å². The highest BCUT2D eigenvalue weighted by Crippen LogP contribution is 2.27. The van der Waals surface area contributed by atoms with Crippen LogP contribution in [0.1, 0.15) is 42.5 Å². The molecule has 3 aromatic carbocycles. The Hall–Kier alpha value is -3.07. The molecule has 220 valence electrons. The summed E-state index contributed by atoms with van der Waals surface area (Å²) in [4.78, 5) is 29.4. The zero-order valence-corrected chi connectivity index (χ0v) is 26.4. The van der Waals surface area contributed by atoms with Gasteiger partial charge in [0.15, 0.2) is 0 Å². The standard InChI is InChI=1S/C31H37Cl2N3O4S/c1-6-23(4)34-31(38)29(18-24-10-8-7-9-11-24)35(19-25-14-15-26(32)27(33)17-25)30(37)20-36(41(5,39)40)28-16-21(2)12-13-22(28)3/h7-17,23,29H,6,18-20H2,1-5H3,(H,34,38). The van der Waals surface area contributed by atoms with Crippen LogP contribution in [0.15, 0.2) is 66.7 Å². The summed E-state index contributed by atoms with van der Waals surface area (Å²) in [6.07, 6.45) is 2.01. The monoisotopic (exact) mass is 617 g/mol. The zero-order valence-electron chi connectivity index (χ0n) is 24.0. The van der Waals surface area contributed by atoms with Gasteiger partial charge in [0, 0.05) is 19.0 Å². The molecule has 2 unspecified atom stereocenters. The van der Waals surface area contributed by atoms with Gasteiger partial charge in [-0.05, 0) is 67.6 Å². The van der Waals surface area contributed by atoms with Crippen molar-refractivity contribution >= 4 is 50.7 Å². The number of rotatable bonds is 12. The van der Waals surface area contributed by atoms with Crippen molar-refractivity contribution in [2.75, 3.05) is 17.1 Å². The highest BCUT2D eigenvalue weighted by Gasteiger charge is 2.33. The van der Waals surface area contributed by atoms with E-state index in [0.29, 0.717) is 33.3 Å². The molecule has 3 aromatic rings. The molecule has 0 fully saturated rings. The van der Waals surface area contributed by atoms with Crippen molar-refractivity contribution in [2.45, 2.75) is 59.2 Å². The number of hydrogen-bond donors (Lipinski definition) is 1. The maximum Gasteiger partial charge on any atom is 0.244 e. The summed E-state index contributed by atoms with van der Waals surface area (Å²) in [5, 5.41) is 3.69. The van der Waals surface area contributed by atoms with Gasteiger partial charge in [0.05, 0.1) is 22.0 Å². The lowest BCUT2D eigenvalue weighted by Crippen LogP contribution is -2.54. The predicted molar refractivity (Wildman–Crippen MR) is 167 cm³/mol. The van der Waals surface area contributed by atoms with E-state index in [0.717, 1.165) is 21.7 Å². The van der Waals surface area contributed by atoms with Crippen LogP contribution < -0.4 is 9.62 Å². The van der Waals surface area contributed by atoms with Gasteiger partial charge >= 0.3 is 0 Å². The molecule has 0 aromatic heterocycles. The Balaban J connectivity index is 2.11. The summed E-state index contributed by atoms with van der Waals surface area (Å²) < 4.78 is 27.1.